The van der Waals surface area contributed by atoms with Gasteiger partial charge in [0, 0.05) is 11.4 Å². The van der Waals surface area contributed by atoms with Gasteiger partial charge in [-0.1, -0.05) is 78.9 Å². The summed E-state index contributed by atoms with van der Waals surface area (Å²) in [6, 6.07) is 28.3. The predicted molar refractivity (Wildman–Crippen MR) is 151 cm³/mol. The average molecular weight is 520 g/mol. The molecule has 5 aromatic rings. The van der Waals surface area contributed by atoms with Gasteiger partial charge in [0.1, 0.15) is 11.6 Å². The second kappa shape index (κ2) is 10.6. The molecule has 1 N–H and O–H groups in total. The lowest BCUT2D eigenvalue weighted by atomic mass is 10.0. The molecule has 1 atom stereocenters. The Balaban J connectivity index is 1.81. The predicted octanol–water partition coefficient (Wildman–Crippen LogP) is 6.84. The molecule has 1 heterocycles. The number of nitrogens with one attached hydrogen (secondary N) is 1. The van der Waals surface area contributed by atoms with Crippen molar-refractivity contribution in [2.75, 3.05) is 10.2 Å². The third kappa shape index (κ3) is 4.87. The zero-order valence-electron chi connectivity index (χ0n) is 21.3. The van der Waals surface area contributed by atoms with Gasteiger partial charge in [0.2, 0.25) is 5.69 Å². The third-order valence-corrected chi connectivity index (χ3v) is 6.57. The second-order valence-electron chi connectivity index (χ2n) is 9.11. The van der Waals surface area contributed by atoms with Gasteiger partial charge < -0.3 is 14.6 Å². The molecule has 0 fully saturated rings. The van der Waals surface area contributed by atoms with E-state index in [0.717, 1.165) is 11.1 Å². The summed E-state index contributed by atoms with van der Waals surface area (Å²) in [6.45, 7) is 3.77. The van der Waals surface area contributed by atoms with E-state index in [9.17, 15) is 19.7 Å². The maximum atomic E-state index is 14.2. The molecular formula is C31H25N3O5. The van der Waals surface area contributed by atoms with Crippen molar-refractivity contribution in [2.24, 2.45) is 0 Å². The Kier molecular flexibility index (Phi) is 6.93. The van der Waals surface area contributed by atoms with Crippen LogP contribution in [0.2, 0.25) is 0 Å². The summed E-state index contributed by atoms with van der Waals surface area (Å²) in [7, 11) is 0. The molecule has 0 radical (unpaired) electrons. The minimum Gasteiger partial charge on any atom is -0.421 e. The lowest BCUT2D eigenvalue weighted by Gasteiger charge is -2.32. The fourth-order valence-electron chi connectivity index (χ4n) is 4.77. The third-order valence-electron chi connectivity index (χ3n) is 6.57. The number of fused-ring (bicyclic) bond motifs is 1. The van der Waals surface area contributed by atoms with E-state index in [0.29, 0.717) is 16.9 Å². The van der Waals surface area contributed by atoms with Crippen molar-refractivity contribution >= 4 is 39.6 Å². The van der Waals surface area contributed by atoms with Gasteiger partial charge in [-0.3, -0.25) is 14.9 Å². The molecular weight excluding hydrogens is 494 g/mol. The van der Waals surface area contributed by atoms with Crippen LogP contribution in [0.15, 0.2) is 112 Å². The number of nitrogens with zero attached hydrogens (tertiary/aromatic N) is 2. The summed E-state index contributed by atoms with van der Waals surface area (Å²) in [5.41, 5.74) is 1.68. The lowest BCUT2D eigenvalue weighted by Crippen LogP contribution is -2.37. The van der Waals surface area contributed by atoms with Gasteiger partial charge in [0.15, 0.2) is 0 Å². The number of para-hydroxylation sites is 3. The summed E-state index contributed by atoms with van der Waals surface area (Å²) >= 11 is 0. The maximum absolute atomic E-state index is 14.2. The monoisotopic (exact) mass is 519 g/mol. The number of benzene rings is 4. The van der Waals surface area contributed by atoms with Gasteiger partial charge in [0.05, 0.1) is 10.3 Å². The normalized spacial score (nSPS) is 11.6. The lowest BCUT2D eigenvalue weighted by molar-refractivity contribution is -0.382. The van der Waals surface area contributed by atoms with Crippen LogP contribution in [0, 0.1) is 24.0 Å². The molecule has 1 amide bonds. The maximum Gasteiger partial charge on any atom is 0.367 e. The van der Waals surface area contributed by atoms with Crippen LogP contribution in [0.25, 0.3) is 11.0 Å². The van der Waals surface area contributed by atoms with E-state index in [-0.39, 0.29) is 16.7 Å². The number of hydrogen-bond acceptors (Lipinski definition) is 6. The van der Waals surface area contributed by atoms with Crippen LogP contribution < -0.4 is 15.8 Å². The van der Waals surface area contributed by atoms with E-state index in [1.165, 1.54) is 17.0 Å². The first-order valence-electron chi connectivity index (χ1n) is 12.3. The Hall–Kier alpha value is -5.24. The van der Waals surface area contributed by atoms with Crippen molar-refractivity contribution in [2.45, 2.75) is 19.9 Å². The van der Waals surface area contributed by atoms with Crippen molar-refractivity contribution in [3.8, 4) is 0 Å². The molecule has 194 valence electrons. The summed E-state index contributed by atoms with van der Waals surface area (Å²) in [5, 5.41) is 15.7. The number of aryl methyl sites for hydroxylation is 2. The number of carbonyl (C=O) groups is 1. The molecule has 0 bridgehead atoms. The highest BCUT2D eigenvalue weighted by molar-refractivity contribution is 6.02. The number of nitro groups is 1. The summed E-state index contributed by atoms with van der Waals surface area (Å²) < 4.78 is 5.57. The Morgan fingerprint density at radius 3 is 2.08 bits per heavy atom. The number of hydrogen-bond donors (Lipinski definition) is 1. The molecule has 1 unspecified atom stereocenters. The minimum absolute atomic E-state index is 0.0854. The molecule has 4 aromatic carbocycles. The van der Waals surface area contributed by atoms with Gasteiger partial charge in [-0.05, 0) is 54.8 Å². The van der Waals surface area contributed by atoms with E-state index in [1.807, 2.05) is 38.1 Å². The smallest absolute Gasteiger partial charge is 0.367 e. The summed E-state index contributed by atoms with van der Waals surface area (Å²) in [6.07, 6.45) is 0. The SMILES string of the molecule is Cc1cccc(C)c1NC(=O)C(c1ccccc1)N(c1ccccc1)c1c([N+](=O)[O-])c2ccccc2oc1=O. The molecule has 39 heavy (non-hydrogen) atoms. The van der Waals surface area contributed by atoms with Crippen molar-refractivity contribution < 1.29 is 14.1 Å². The average Bonchev–Trinajstić information content (AvgIpc) is 2.94. The van der Waals surface area contributed by atoms with E-state index in [2.05, 4.69) is 5.32 Å². The van der Waals surface area contributed by atoms with Crippen molar-refractivity contribution in [3.63, 3.8) is 0 Å². The number of amides is 1. The largest absolute Gasteiger partial charge is 0.421 e. The molecule has 8 heteroatoms. The van der Waals surface area contributed by atoms with Crippen molar-refractivity contribution in [3.05, 3.63) is 140 Å². The standard InChI is InChI=1S/C31H25N3O5/c1-20-12-11-13-21(2)26(20)32-30(35)27(22-14-5-3-6-15-22)33(23-16-7-4-8-17-23)29-28(34(37)38)24-18-9-10-19-25(24)39-31(29)36/h3-19,27H,1-2H3,(H,32,35). The quantitative estimate of drug-likeness (QED) is 0.143. The first-order chi connectivity index (χ1) is 18.9. The van der Waals surface area contributed by atoms with E-state index in [4.69, 9.17) is 4.42 Å². The fourth-order valence-corrected chi connectivity index (χ4v) is 4.77. The fraction of sp³-hybridized carbons (Fsp3) is 0.0968. The van der Waals surface area contributed by atoms with Crippen LogP contribution >= 0.6 is 0 Å². The molecule has 0 saturated heterocycles. The Morgan fingerprint density at radius 1 is 0.846 bits per heavy atom. The van der Waals surface area contributed by atoms with E-state index in [1.54, 1.807) is 66.7 Å². The van der Waals surface area contributed by atoms with Gasteiger partial charge in [0.25, 0.3) is 5.91 Å². The highest BCUT2D eigenvalue weighted by Crippen LogP contribution is 2.42. The van der Waals surface area contributed by atoms with Gasteiger partial charge >= 0.3 is 11.3 Å². The number of rotatable bonds is 7. The van der Waals surface area contributed by atoms with Crippen molar-refractivity contribution in [1.29, 1.82) is 0 Å². The highest BCUT2D eigenvalue weighted by Gasteiger charge is 2.38. The summed E-state index contributed by atoms with van der Waals surface area (Å²) in [4.78, 5) is 41.1. The molecule has 5 rings (SSSR count). The van der Waals surface area contributed by atoms with Crippen LogP contribution in [0.1, 0.15) is 22.7 Å². The molecule has 0 aliphatic heterocycles. The first kappa shape index (κ1) is 25.4. The Bertz CT molecular complexity index is 1710. The van der Waals surface area contributed by atoms with Gasteiger partial charge in [-0.25, -0.2) is 4.79 Å². The molecule has 0 saturated carbocycles. The van der Waals surface area contributed by atoms with Crippen LogP contribution in [-0.4, -0.2) is 10.8 Å². The summed E-state index contributed by atoms with van der Waals surface area (Å²) in [5.74, 6) is -0.468. The zero-order chi connectivity index (χ0) is 27.5. The minimum atomic E-state index is -1.16. The number of carbonyl (C=O) groups excluding carboxylic acids is 1. The highest BCUT2D eigenvalue weighted by atomic mass is 16.6. The van der Waals surface area contributed by atoms with Gasteiger partial charge in [-0.15, -0.1) is 0 Å². The van der Waals surface area contributed by atoms with Crippen LogP contribution in [-0.2, 0) is 4.79 Å². The molecule has 0 aliphatic carbocycles. The van der Waals surface area contributed by atoms with Crippen LogP contribution in [0.5, 0.6) is 0 Å². The molecule has 1 aromatic heterocycles. The van der Waals surface area contributed by atoms with E-state index >= 15 is 0 Å². The molecule has 0 spiro atoms. The van der Waals surface area contributed by atoms with Gasteiger partial charge in [-0.2, -0.15) is 0 Å². The first-order valence-corrected chi connectivity index (χ1v) is 12.3. The van der Waals surface area contributed by atoms with Crippen LogP contribution in [0.4, 0.5) is 22.7 Å². The molecule has 0 aliphatic rings. The van der Waals surface area contributed by atoms with E-state index < -0.39 is 28.2 Å². The zero-order valence-corrected chi connectivity index (χ0v) is 21.3. The molecule has 8 nitrogen and oxygen atoms in total. The Labute approximate surface area is 224 Å². The Morgan fingerprint density at radius 2 is 1.44 bits per heavy atom. The second-order valence-corrected chi connectivity index (χ2v) is 9.11. The van der Waals surface area contributed by atoms with Crippen LogP contribution in [0.3, 0.4) is 0 Å². The number of anilines is 3. The van der Waals surface area contributed by atoms with Crippen molar-refractivity contribution in [1.82, 2.24) is 0 Å². The topological polar surface area (TPSA) is 106 Å².